The number of rotatable bonds is 3. The van der Waals surface area contributed by atoms with Gasteiger partial charge in [-0.05, 0) is 20.8 Å². The first-order valence-electron chi connectivity index (χ1n) is 4.74. The number of halogens is 1. The van der Waals surface area contributed by atoms with Crippen molar-refractivity contribution in [2.24, 2.45) is 0 Å². The first-order chi connectivity index (χ1) is 6.88. The lowest BCUT2D eigenvalue weighted by molar-refractivity contribution is -0.00722. The second-order valence-corrected chi connectivity index (χ2v) is 4.59. The summed E-state index contributed by atoms with van der Waals surface area (Å²) in [4.78, 5) is 15.2. The van der Waals surface area contributed by atoms with Crippen molar-refractivity contribution >= 4 is 11.6 Å². The van der Waals surface area contributed by atoms with Gasteiger partial charge in [-0.25, -0.2) is 4.98 Å². The van der Waals surface area contributed by atoms with Crippen molar-refractivity contribution in [3.63, 3.8) is 0 Å². The Balaban J connectivity index is 2.55. The van der Waals surface area contributed by atoms with Crippen molar-refractivity contribution < 1.29 is 4.74 Å². The van der Waals surface area contributed by atoms with E-state index in [4.69, 9.17) is 16.3 Å². The van der Waals surface area contributed by atoms with Gasteiger partial charge < -0.3 is 4.74 Å². The highest BCUT2D eigenvalue weighted by Gasteiger charge is 2.09. The van der Waals surface area contributed by atoms with Crippen LogP contribution in [-0.2, 0) is 11.3 Å². The largest absolute Gasteiger partial charge is 0.374 e. The molecule has 1 aromatic heterocycles. The van der Waals surface area contributed by atoms with Crippen LogP contribution in [0.5, 0.6) is 0 Å². The molecule has 0 aromatic carbocycles. The Morgan fingerprint density at radius 2 is 2.20 bits per heavy atom. The highest BCUT2D eigenvalue weighted by Crippen LogP contribution is 2.06. The Kier molecular flexibility index (Phi) is 3.88. The molecule has 0 fully saturated rings. The Hall–Kier alpha value is -0.870. The van der Waals surface area contributed by atoms with Gasteiger partial charge in [-0.1, -0.05) is 11.6 Å². The Labute approximate surface area is 93.8 Å². The summed E-state index contributed by atoms with van der Waals surface area (Å²) in [6.07, 6.45) is 1.43. The highest BCUT2D eigenvalue weighted by molar-refractivity contribution is 6.29. The quantitative estimate of drug-likeness (QED) is 0.743. The van der Waals surface area contributed by atoms with Gasteiger partial charge in [0.15, 0.2) is 0 Å². The topological polar surface area (TPSA) is 44.1 Å². The van der Waals surface area contributed by atoms with Crippen LogP contribution in [0.15, 0.2) is 17.2 Å². The molecule has 0 saturated carbocycles. The number of nitrogens with zero attached hydrogens (tertiary/aromatic N) is 2. The van der Waals surface area contributed by atoms with E-state index in [1.54, 1.807) is 0 Å². The van der Waals surface area contributed by atoms with Gasteiger partial charge in [0.25, 0.3) is 5.56 Å². The van der Waals surface area contributed by atoms with Gasteiger partial charge in [-0.2, -0.15) is 0 Å². The SMILES string of the molecule is CC(C)(C)OCCn1cnc(Cl)cc1=O. The first-order valence-corrected chi connectivity index (χ1v) is 5.12. The lowest BCUT2D eigenvalue weighted by Crippen LogP contribution is -2.26. The third-order valence-corrected chi connectivity index (χ3v) is 1.92. The first kappa shape index (κ1) is 12.2. The van der Waals surface area contributed by atoms with Crippen LogP contribution in [-0.4, -0.2) is 21.8 Å². The van der Waals surface area contributed by atoms with E-state index in [0.717, 1.165) is 0 Å². The second-order valence-electron chi connectivity index (χ2n) is 4.20. The molecule has 0 unspecified atom stereocenters. The zero-order chi connectivity index (χ0) is 11.5. The molecular weight excluding hydrogens is 216 g/mol. The van der Waals surface area contributed by atoms with Crippen LogP contribution in [0, 0.1) is 0 Å². The summed E-state index contributed by atoms with van der Waals surface area (Å²) in [6.45, 7) is 6.87. The van der Waals surface area contributed by atoms with E-state index < -0.39 is 0 Å². The smallest absolute Gasteiger partial charge is 0.254 e. The minimum absolute atomic E-state index is 0.160. The lowest BCUT2D eigenvalue weighted by Gasteiger charge is -2.19. The molecule has 0 atom stereocenters. The van der Waals surface area contributed by atoms with Gasteiger partial charge in [-0.15, -0.1) is 0 Å². The number of ether oxygens (including phenoxy) is 1. The molecule has 1 aromatic rings. The molecule has 15 heavy (non-hydrogen) atoms. The molecule has 4 nitrogen and oxygen atoms in total. The molecule has 0 bridgehead atoms. The van der Waals surface area contributed by atoms with Crippen molar-refractivity contribution in [3.05, 3.63) is 27.9 Å². The Morgan fingerprint density at radius 1 is 1.53 bits per heavy atom. The maximum Gasteiger partial charge on any atom is 0.254 e. The molecular formula is C10H15ClN2O2. The van der Waals surface area contributed by atoms with E-state index in [1.165, 1.54) is 17.0 Å². The predicted molar refractivity (Wildman–Crippen MR) is 59.2 cm³/mol. The second kappa shape index (κ2) is 4.77. The highest BCUT2D eigenvalue weighted by atomic mass is 35.5. The maximum absolute atomic E-state index is 11.4. The Morgan fingerprint density at radius 3 is 2.73 bits per heavy atom. The van der Waals surface area contributed by atoms with Crippen molar-refractivity contribution in [3.8, 4) is 0 Å². The van der Waals surface area contributed by atoms with E-state index in [2.05, 4.69) is 4.98 Å². The third-order valence-electron chi connectivity index (χ3n) is 1.71. The summed E-state index contributed by atoms with van der Waals surface area (Å²) in [5, 5.41) is 0.216. The summed E-state index contributed by atoms with van der Waals surface area (Å²) >= 11 is 5.57. The molecule has 5 heteroatoms. The monoisotopic (exact) mass is 230 g/mol. The number of hydrogen-bond donors (Lipinski definition) is 0. The summed E-state index contributed by atoms with van der Waals surface area (Å²) in [6, 6.07) is 1.29. The normalized spacial score (nSPS) is 11.7. The molecule has 0 N–H and O–H groups in total. The van der Waals surface area contributed by atoms with Crippen LogP contribution in [0.4, 0.5) is 0 Å². The van der Waals surface area contributed by atoms with Crippen LogP contribution in [0.2, 0.25) is 5.15 Å². The fraction of sp³-hybridized carbons (Fsp3) is 0.600. The summed E-state index contributed by atoms with van der Waals surface area (Å²) in [5.41, 5.74) is -0.351. The number of hydrogen-bond acceptors (Lipinski definition) is 3. The molecule has 1 heterocycles. The minimum atomic E-state index is -0.191. The van der Waals surface area contributed by atoms with Crippen LogP contribution in [0.3, 0.4) is 0 Å². The van der Waals surface area contributed by atoms with E-state index >= 15 is 0 Å². The molecule has 0 radical (unpaired) electrons. The zero-order valence-corrected chi connectivity index (χ0v) is 9.91. The summed E-state index contributed by atoms with van der Waals surface area (Å²) in [5.74, 6) is 0. The van der Waals surface area contributed by atoms with Gasteiger partial charge in [-0.3, -0.25) is 9.36 Å². The molecule has 84 valence electrons. The minimum Gasteiger partial charge on any atom is -0.374 e. The van der Waals surface area contributed by atoms with Crippen LogP contribution in [0.25, 0.3) is 0 Å². The van der Waals surface area contributed by atoms with Crippen LogP contribution < -0.4 is 5.56 Å². The van der Waals surface area contributed by atoms with E-state index in [1.807, 2.05) is 20.8 Å². The molecule has 1 rings (SSSR count). The van der Waals surface area contributed by atoms with E-state index in [0.29, 0.717) is 13.2 Å². The molecule has 0 aliphatic carbocycles. The standard InChI is InChI=1S/C10H15ClN2O2/c1-10(2,3)15-5-4-13-7-12-8(11)6-9(13)14/h6-7H,4-5H2,1-3H3. The van der Waals surface area contributed by atoms with Crippen LogP contribution in [0.1, 0.15) is 20.8 Å². The maximum atomic E-state index is 11.4. The van der Waals surface area contributed by atoms with E-state index in [9.17, 15) is 4.79 Å². The van der Waals surface area contributed by atoms with Gasteiger partial charge in [0.2, 0.25) is 0 Å². The van der Waals surface area contributed by atoms with Crippen molar-refractivity contribution in [2.45, 2.75) is 32.9 Å². The fourth-order valence-electron chi connectivity index (χ4n) is 1.02. The predicted octanol–water partition coefficient (Wildman–Crippen LogP) is 1.71. The Bertz CT molecular complexity index is 382. The average Bonchev–Trinajstić information content (AvgIpc) is 2.07. The van der Waals surface area contributed by atoms with Crippen LogP contribution >= 0.6 is 11.6 Å². The molecule has 0 spiro atoms. The summed E-state index contributed by atoms with van der Waals surface area (Å²) in [7, 11) is 0. The third kappa shape index (κ3) is 4.44. The molecule has 0 saturated heterocycles. The number of aromatic nitrogens is 2. The summed E-state index contributed by atoms with van der Waals surface area (Å²) < 4.78 is 6.97. The molecule has 0 aliphatic heterocycles. The van der Waals surface area contributed by atoms with Gasteiger partial charge in [0.05, 0.1) is 25.1 Å². The average molecular weight is 231 g/mol. The van der Waals surface area contributed by atoms with Gasteiger partial charge in [0.1, 0.15) is 5.15 Å². The molecule has 0 amide bonds. The fourth-order valence-corrected chi connectivity index (χ4v) is 1.16. The zero-order valence-electron chi connectivity index (χ0n) is 9.16. The molecule has 0 aliphatic rings. The van der Waals surface area contributed by atoms with Crippen molar-refractivity contribution in [2.75, 3.05) is 6.61 Å². The van der Waals surface area contributed by atoms with Crippen molar-refractivity contribution in [1.82, 2.24) is 9.55 Å². The van der Waals surface area contributed by atoms with Crippen molar-refractivity contribution in [1.29, 1.82) is 0 Å². The van der Waals surface area contributed by atoms with E-state index in [-0.39, 0.29) is 16.3 Å². The lowest BCUT2D eigenvalue weighted by atomic mass is 10.2. The van der Waals surface area contributed by atoms with Gasteiger partial charge in [0, 0.05) is 6.07 Å². The van der Waals surface area contributed by atoms with Gasteiger partial charge >= 0.3 is 0 Å².